The molecular weight excluding hydrogens is 657 g/mol. The minimum Gasteiger partial charge on any atom is -0.366 e. The van der Waals surface area contributed by atoms with Crippen LogP contribution in [0.4, 0.5) is 23.4 Å². The van der Waals surface area contributed by atoms with Gasteiger partial charge in [0.2, 0.25) is 5.91 Å². The van der Waals surface area contributed by atoms with Gasteiger partial charge >= 0.3 is 30.6 Å². The molecular formula is C16H14F4N6O9S5. The number of rotatable bonds is 11. The zero-order valence-corrected chi connectivity index (χ0v) is 23.4. The first-order valence-electron chi connectivity index (χ1n) is 9.92. The summed E-state index contributed by atoms with van der Waals surface area (Å²) in [5, 5.41) is 8.95. The van der Waals surface area contributed by atoms with E-state index in [9.17, 15) is 51.8 Å². The first kappa shape index (κ1) is 31.6. The van der Waals surface area contributed by atoms with Crippen LogP contribution >= 0.6 is 11.3 Å². The summed E-state index contributed by atoms with van der Waals surface area (Å²) in [6, 6.07) is 3.29. The molecule has 0 saturated heterocycles. The van der Waals surface area contributed by atoms with Gasteiger partial charge in [0, 0.05) is 17.7 Å². The molecule has 0 aliphatic heterocycles. The number of nitriles is 1. The van der Waals surface area contributed by atoms with Crippen LogP contribution in [0.25, 0.3) is 0 Å². The first-order valence-corrected chi connectivity index (χ1v) is 16.4. The van der Waals surface area contributed by atoms with Gasteiger partial charge in [0.15, 0.2) is 10.5 Å². The van der Waals surface area contributed by atoms with E-state index in [1.165, 1.54) is 10.8 Å². The van der Waals surface area contributed by atoms with Gasteiger partial charge < -0.3 is 5.73 Å². The summed E-state index contributed by atoms with van der Waals surface area (Å²) in [6.45, 7) is 1.11. The number of sulfonamides is 1. The molecule has 1 fully saturated rings. The van der Waals surface area contributed by atoms with Gasteiger partial charge in [0.25, 0.3) is 10.0 Å². The molecule has 220 valence electrons. The first-order chi connectivity index (χ1) is 18.1. The second kappa shape index (κ2) is 10.2. The zero-order valence-electron chi connectivity index (χ0n) is 19.3. The van der Waals surface area contributed by atoms with Crippen LogP contribution in [0.5, 0.6) is 0 Å². The maximum absolute atomic E-state index is 15.0. The van der Waals surface area contributed by atoms with Crippen LogP contribution in [0, 0.1) is 24.1 Å². The number of amides is 1. The molecule has 15 nitrogen and oxygen atoms in total. The Kier molecular flexibility index (Phi) is 8.03. The second-order valence-electron chi connectivity index (χ2n) is 7.75. The maximum Gasteiger partial charge on any atom is 0.353 e. The number of nitrogens with two attached hydrogens (primary N) is 1. The number of anilines is 1. The lowest BCUT2D eigenvalue weighted by Gasteiger charge is -2.29. The van der Waals surface area contributed by atoms with Crippen molar-refractivity contribution in [3.8, 4) is 6.07 Å². The summed E-state index contributed by atoms with van der Waals surface area (Å²) >= 11 is 0.0731. The normalized spacial score (nSPS) is 15.8. The zero-order chi connectivity index (χ0) is 30.6. The number of thiophene rings is 1. The number of nitrogens with zero attached hydrogens (tertiary/aromatic N) is 4. The van der Waals surface area contributed by atoms with Crippen molar-refractivity contribution in [3.05, 3.63) is 46.1 Å². The maximum atomic E-state index is 15.0. The number of hydrogen-bond donors (Lipinski definition) is 2. The van der Waals surface area contributed by atoms with Gasteiger partial charge in [-0.3, -0.25) is 9.52 Å². The van der Waals surface area contributed by atoms with Crippen LogP contribution in [0.1, 0.15) is 33.6 Å². The number of nitrogens with one attached hydrogen (secondary N) is 1. The lowest BCUT2D eigenvalue weighted by Crippen LogP contribution is -2.57. The summed E-state index contributed by atoms with van der Waals surface area (Å²) in [4.78, 5) is 11.4. The molecule has 1 aliphatic rings. The molecule has 1 aromatic carbocycles. The lowest BCUT2D eigenvalue weighted by molar-refractivity contribution is -0.0612. The lowest BCUT2D eigenvalue weighted by atomic mass is 10.2. The molecule has 3 N–H and O–H groups in total. The number of primary amides is 1. The Morgan fingerprint density at radius 2 is 1.65 bits per heavy atom. The third kappa shape index (κ3) is 5.50. The fourth-order valence-corrected chi connectivity index (χ4v) is 13.1. The van der Waals surface area contributed by atoms with Crippen molar-refractivity contribution >= 4 is 63.6 Å². The van der Waals surface area contributed by atoms with Crippen LogP contribution in [-0.4, -0.2) is 56.9 Å². The molecule has 3 rings (SSSR count). The van der Waals surface area contributed by atoms with Crippen molar-refractivity contribution in [2.45, 2.75) is 29.8 Å². The quantitative estimate of drug-likeness (QED) is 0.195. The largest absolute Gasteiger partial charge is 0.366 e. The molecule has 24 heteroatoms. The third-order valence-electron chi connectivity index (χ3n) is 4.91. The SMILES string of the molecule is Cc1sc(S(=O)(=O)N(S(=O)(=O)Nc2ccc(F)c(C#N)c2)S(=O)(=O)N(C2(F)CC2)S(=O)(=O)N(F)F)cc1C(N)=O. The van der Waals surface area contributed by atoms with Crippen molar-refractivity contribution in [1.29, 1.82) is 5.26 Å². The van der Waals surface area contributed by atoms with Crippen LogP contribution in [0.3, 0.4) is 0 Å². The molecule has 0 spiro atoms. The molecule has 2 aromatic rings. The van der Waals surface area contributed by atoms with Crippen molar-refractivity contribution in [3.63, 3.8) is 0 Å². The summed E-state index contributed by atoms with van der Waals surface area (Å²) in [7, 11) is -26.0. The van der Waals surface area contributed by atoms with Gasteiger partial charge in [-0.1, -0.05) is 8.96 Å². The standard InChI is InChI=1S/C16H14F4N6O9S5/c1-9-12(15(22)27)7-14(36-9)37(28,29)26(38(30,31)23-11-2-3-13(17)10(6-11)8-21)40(34,35)24(16(18)4-5-16)39(32,33)25(19)20/h2-3,6-7,23H,4-5H2,1H3,(H2,22,27). The Labute approximate surface area is 228 Å². The van der Waals surface area contributed by atoms with E-state index in [2.05, 4.69) is 0 Å². The predicted molar refractivity (Wildman–Crippen MR) is 127 cm³/mol. The molecule has 0 unspecified atom stereocenters. The highest BCUT2D eigenvalue weighted by atomic mass is 32.4. The van der Waals surface area contributed by atoms with E-state index < -0.39 is 104 Å². The van der Waals surface area contributed by atoms with Gasteiger partial charge in [-0.2, -0.15) is 30.5 Å². The van der Waals surface area contributed by atoms with Crippen LogP contribution in [0.2, 0.25) is 0 Å². The number of benzene rings is 1. The van der Waals surface area contributed by atoms with E-state index in [1.807, 2.05) is 0 Å². The van der Waals surface area contributed by atoms with Crippen LogP contribution in [0.15, 0.2) is 28.5 Å². The Balaban J connectivity index is 2.36. The molecule has 0 bridgehead atoms. The third-order valence-corrected chi connectivity index (χ3v) is 15.4. The molecule has 0 radical (unpaired) electrons. The van der Waals surface area contributed by atoms with Gasteiger partial charge in [0.1, 0.15) is 16.1 Å². The van der Waals surface area contributed by atoms with Gasteiger partial charge in [-0.25, -0.2) is 17.2 Å². The topological polar surface area (TPSA) is 225 Å². The van der Waals surface area contributed by atoms with Crippen molar-refractivity contribution < 1.29 is 56.2 Å². The van der Waals surface area contributed by atoms with E-state index in [1.54, 1.807) is 0 Å². The van der Waals surface area contributed by atoms with Crippen molar-refractivity contribution in [2.24, 2.45) is 5.73 Å². The monoisotopic (exact) mass is 670 g/mol. The van der Waals surface area contributed by atoms with E-state index in [0.29, 0.717) is 24.3 Å². The highest BCUT2D eigenvalue weighted by Crippen LogP contribution is 2.49. The molecule has 1 amide bonds. The van der Waals surface area contributed by atoms with E-state index in [4.69, 9.17) is 11.0 Å². The average molecular weight is 671 g/mol. The molecule has 1 heterocycles. The number of hydrogen-bond acceptors (Lipinski definition) is 11. The van der Waals surface area contributed by atoms with Crippen LogP contribution in [-0.2, 0) is 40.7 Å². The summed E-state index contributed by atoms with van der Waals surface area (Å²) < 4.78 is 154. The predicted octanol–water partition coefficient (Wildman–Crippen LogP) is 0.836. The van der Waals surface area contributed by atoms with Gasteiger partial charge in [-0.15, -0.1) is 11.3 Å². The van der Waals surface area contributed by atoms with Crippen LogP contribution < -0.4 is 10.5 Å². The number of carbonyl (C=O) groups excluding carboxylic acids is 1. The molecule has 1 aromatic heterocycles. The fraction of sp³-hybridized carbons (Fsp3) is 0.250. The Morgan fingerprint density at radius 3 is 2.10 bits per heavy atom. The number of aryl methyl sites for hydroxylation is 1. The van der Waals surface area contributed by atoms with E-state index in [0.717, 1.165) is 6.92 Å². The molecule has 1 aliphatic carbocycles. The summed E-state index contributed by atoms with van der Waals surface area (Å²) in [5.74, 6) is -6.14. The Bertz CT molecular complexity index is 1870. The highest BCUT2D eigenvalue weighted by Gasteiger charge is 2.66. The minimum atomic E-state index is -6.90. The van der Waals surface area contributed by atoms with Gasteiger partial charge in [-0.05, 0) is 34.9 Å². The van der Waals surface area contributed by atoms with E-state index in [-0.39, 0.29) is 16.2 Å². The number of carbonyl (C=O) groups is 1. The number of alkyl halides is 1. The average Bonchev–Trinajstić information content (AvgIpc) is 3.37. The molecule has 1 saturated carbocycles. The second-order valence-corrected chi connectivity index (χ2v) is 16.6. The van der Waals surface area contributed by atoms with E-state index >= 15 is 4.39 Å². The van der Waals surface area contributed by atoms with Crippen molar-refractivity contribution in [2.75, 3.05) is 4.72 Å². The fourth-order valence-electron chi connectivity index (χ4n) is 3.07. The Hall–Kier alpha value is -2.92. The summed E-state index contributed by atoms with van der Waals surface area (Å²) in [6.07, 6.45) is -2.12. The minimum absolute atomic E-state index is 0.0731. The highest BCUT2D eigenvalue weighted by molar-refractivity contribution is 8.19. The number of halogens is 4. The Morgan fingerprint density at radius 1 is 1.07 bits per heavy atom. The summed E-state index contributed by atoms with van der Waals surface area (Å²) in [5.41, 5.74) is 2.86. The van der Waals surface area contributed by atoms with Crippen molar-refractivity contribution in [1.82, 2.24) is 11.6 Å². The van der Waals surface area contributed by atoms with Gasteiger partial charge in [0.05, 0.1) is 19.9 Å². The smallest absolute Gasteiger partial charge is 0.353 e. The molecule has 40 heavy (non-hydrogen) atoms. The molecule has 0 atom stereocenters.